The third kappa shape index (κ3) is 3.90. The summed E-state index contributed by atoms with van der Waals surface area (Å²) >= 11 is 0. The van der Waals surface area contributed by atoms with E-state index in [4.69, 9.17) is 4.74 Å². The van der Waals surface area contributed by atoms with Gasteiger partial charge in [0.25, 0.3) is 0 Å². The van der Waals surface area contributed by atoms with Gasteiger partial charge in [-0.15, -0.1) is 0 Å². The van der Waals surface area contributed by atoms with E-state index in [1.54, 1.807) is 0 Å². The van der Waals surface area contributed by atoms with Crippen LogP contribution in [0.3, 0.4) is 0 Å². The highest BCUT2D eigenvalue weighted by Crippen LogP contribution is 2.18. The molecule has 0 fully saturated rings. The second kappa shape index (κ2) is 7.51. The van der Waals surface area contributed by atoms with E-state index in [1.165, 1.54) is 0 Å². The van der Waals surface area contributed by atoms with E-state index in [-0.39, 0.29) is 11.9 Å². The molecular formula is C21H24N2O2. The molecule has 1 aromatic carbocycles. The van der Waals surface area contributed by atoms with Crippen molar-refractivity contribution in [1.29, 1.82) is 0 Å². The van der Waals surface area contributed by atoms with Crippen LogP contribution in [0.25, 0.3) is 5.65 Å². The van der Waals surface area contributed by atoms with E-state index >= 15 is 0 Å². The molecule has 0 saturated carbocycles. The number of benzene rings is 1. The number of ether oxygens (including phenoxy) is 1. The van der Waals surface area contributed by atoms with Crippen molar-refractivity contribution in [3.63, 3.8) is 0 Å². The quantitative estimate of drug-likeness (QED) is 0.597. The summed E-state index contributed by atoms with van der Waals surface area (Å²) in [7, 11) is 0. The average Bonchev–Trinajstić information content (AvgIpc) is 2.99. The molecule has 130 valence electrons. The maximum atomic E-state index is 12.8. The van der Waals surface area contributed by atoms with Gasteiger partial charge in [-0.05, 0) is 56.5 Å². The number of hydrogen-bond acceptors (Lipinski definition) is 3. The SMILES string of the molecule is CCc1nc2ccccn2c1C(=O)CCc1ccc(OC(C)C)cc1. The number of rotatable bonds is 7. The van der Waals surface area contributed by atoms with E-state index in [0.717, 1.165) is 34.8 Å². The van der Waals surface area contributed by atoms with E-state index in [2.05, 4.69) is 4.98 Å². The molecule has 3 aromatic rings. The molecule has 0 amide bonds. The lowest BCUT2D eigenvalue weighted by atomic mass is 10.0. The summed E-state index contributed by atoms with van der Waals surface area (Å²) in [5.74, 6) is 0.998. The van der Waals surface area contributed by atoms with Gasteiger partial charge in [0.2, 0.25) is 0 Å². The van der Waals surface area contributed by atoms with Crippen molar-refractivity contribution in [2.45, 2.75) is 46.1 Å². The molecular weight excluding hydrogens is 312 g/mol. The molecule has 25 heavy (non-hydrogen) atoms. The fourth-order valence-electron chi connectivity index (χ4n) is 2.97. The van der Waals surface area contributed by atoms with Gasteiger partial charge in [-0.1, -0.05) is 25.1 Å². The maximum Gasteiger partial charge on any atom is 0.181 e. The molecule has 0 atom stereocenters. The van der Waals surface area contributed by atoms with Crippen molar-refractivity contribution in [1.82, 2.24) is 9.38 Å². The molecule has 0 radical (unpaired) electrons. The number of fused-ring (bicyclic) bond motifs is 1. The molecule has 0 N–H and O–H groups in total. The van der Waals surface area contributed by atoms with Crippen LogP contribution in [0.5, 0.6) is 5.75 Å². The van der Waals surface area contributed by atoms with Crippen molar-refractivity contribution < 1.29 is 9.53 Å². The summed E-state index contributed by atoms with van der Waals surface area (Å²) in [6, 6.07) is 13.8. The number of carbonyl (C=O) groups excluding carboxylic acids is 1. The van der Waals surface area contributed by atoms with Gasteiger partial charge < -0.3 is 4.74 Å². The zero-order valence-electron chi connectivity index (χ0n) is 15.0. The maximum absolute atomic E-state index is 12.8. The van der Waals surface area contributed by atoms with Crippen LogP contribution >= 0.6 is 0 Å². The van der Waals surface area contributed by atoms with E-state index in [0.29, 0.717) is 12.8 Å². The lowest BCUT2D eigenvalue weighted by Crippen LogP contribution is -2.08. The number of nitrogens with zero attached hydrogens (tertiary/aromatic N) is 2. The molecule has 0 aliphatic rings. The number of Topliss-reactive ketones (excluding diaryl/α,β-unsaturated/α-hetero) is 1. The fraction of sp³-hybridized carbons (Fsp3) is 0.333. The number of hydrogen-bond donors (Lipinski definition) is 0. The van der Waals surface area contributed by atoms with Gasteiger partial charge in [-0.25, -0.2) is 4.98 Å². The number of carbonyl (C=O) groups is 1. The predicted octanol–water partition coefficient (Wildman–Crippen LogP) is 4.50. The van der Waals surface area contributed by atoms with Crippen LogP contribution in [0.15, 0.2) is 48.7 Å². The van der Waals surface area contributed by atoms with Crippen molar-refractivity contribution in [2.24, 2.45) is 0 Å². The Morgan fingerprint density at radius 2 is 1.92 bits per heavy atom. The Balaban J connectivity index is 1.73. The molecule has 2 aromatic heterocycles. The van der Waals surface area contributed by atoms with Crippen molar-refractivity contribution in [3.05, 3.63) is 65.6 Å². The number of pyridine rings is 1. The van der Waals surface area contributed by atoms with Crippen LogP contribution in [0.1, 0.15) is 48.9 Å². The topological polar surface area (TPSA) is 43.6 Å². The first kappa shape index (κ1) is 17.2. The number of aromatic nitrogens is 2. The number of ketones is 1. The van der Waals surface area contributed by atoms with Gasteiger partial charge in [0, 0.05) is 12.6 Å². The van der Waals surface area contributed by atoms with Crippen LogP contribution < -0.4 is 4.74 Å². The first-order valence-electron chi connectivity index (χ1n) is 8.83. The zero-order valence-corrected chi connectivity index (χ0v) is 15.0. The lowest BCUT2D eigenvalue weighted by molar-refractivity contribution is 0.0976. The van der Waals surface area contributed by atoms with Crippen LogP contribution in [-0.2, 0) is 12.8 Å². The Labute approximate surface area is 148 Å². The summed E-state index contributed by atoms with van der Waals surface area (Å²) in [4.78, 5) is 17.4. The van der Waals surface area contributed by atoms with Crippen molar-refractivity contribution in [3.8, 4) is 5.75 Å². The van der Waals surface area contributed by atoms with Gasteiger partial charge >= 0.3 is 0 Å². The highest BCUT2D eigenvalue weighted by atomic mass is 16.5. The molecule has 0 unspecified atom stereocenters. The normalized spacial score (nSPS) is 11.2. The van der Waals surface area contributed by atoms with E-state index in [9.17, 15) is 4.79 Å². The zero-order chi connectivity index (χ0) is 17.8. The smallest absolute Gasteiger partial charge is 0.181 e. The van der Waals surface area contributed by atoms with Crippen LogP contribution in [0.4, 0.5) is 0 Å². The van der Waals surface area contributed by atoms with Crippen LogP contribution in [0, 0.1) is 0 Å². The molecule has 0 bridgehead atoms. The summed E-state index contributed by atoms with van der Waals surface area (Å²) < 4.78 is 7.56. The van der Waals surface area contributed by atoms with Gasteiger partial charge in [0.15, 0.2) is 5.78 Å². The van der Waals surface area contributed by atoms with E-state index in [1.807, 2.05) is 73.8 Å². The van der Waals surface area contributed by atoms with Gasteiger partial charge in [0.05, 0.1) is 11.8 Å². The second-order valence-electron chi connectivity index (χ2n) is 6.42. The Morgan fingerprint density at radius 3 is 2.60 bits per heavy atom. The summed E-state index contributed by atoms with van der Waals surface area (Å²) in [5, 5.41) is 0. The van der Waals surface area contributed by atoms with Gasteiger partial charge in [0.1, 0.15) is 17.1 Å². The monoisotopic (exact) mass is 336 g/mol. The molecule has 3 rings (SSSR count). The Morgan fingerprint density at radius 1 is 1.16 bits per heavy atom. The summed E-state index contributed by atoms with van der Waals surface area (Å²) in [5.41, 5.74) is 3.56. The van der Waals surface area contributed by atoms with Crippen molar-refractivity contribution >= 4 is 11.4 Å². The first-order chi connectivity index (χ1) is 12.1. The lowest BCUT2D eigenvalue weighted by Gasteiger charge is -2.10. The van der Waals surface area contributed by atoms with Crippen LogP contribution in [0.2, 0.25) is 0 Å². The predicted molar refractivity (Wildman–Crippen MR) is 99.4 cm³/mol. The molecule has 2 heterocycles. The van der Waals surface area contributed by atoms with Crippen molar-refractivity contribution in [2.75, 3.05) is 0 Å². The third-order valence-electron chi connectivity index (χ3n) is 4.14. The second-order valence-corrected chi connectivity index (χ2v) is 6.42. The highest BCUT2D eigenvalue weighted by molar-refractivity contribution is 5.96. The molecule has 0 aliphatic heterocycles. The Bertz CT molecular complexity index is 863. The fourth-order valence-corrected chi connectivity index (χ4v) is 2.97. The van der Waals surface area contributed by atoms with Gasteiger partial charge in [-0.2, -0.15) is 0 Å². The first-order valence-corrected chi connectivity index (χ1v) is 8.83. The molecule has 0 aliphatic carbocycles. The molecule has 0 saturated heterocycles. The average molecular weight is 336 g/mol. The molecule has 4 heteroatoms. The Hall–Kier alpha value is -2.62. The number of aryl methyl sites for hydroxylation is 2. The molecule has 0 spiro atoms. The summed E-state index contributed by atoms with van der Waals surface area (Å²) in [6.07, 6.45) is 4.01. The number of imidazole rings is 1. The minimum atomic E-state index is 0.137. The summed E-state index contributed by atoms with van der Waals surface area (Å²) in [6.45, 7) is 6.05. The highest BCUT2D eigenvalue weighted by Gasteiger charge is 2.17. The van der Waals surface area contributed by atoms with Crippen LogP contribution in [-0.4, -0.2) is 21.3 Å². The molecule has 4 nitrogen and oxygen atoms in total. The third-order valence-corrected chi connectivity index (χ3v) is 4.14. The van der Waals surface area contributed by atoms with Gasteiger partial charge in [-0.3, -0.25) is 9.20 Å². The standard InChI is InChI=1S/C21H24N2O2/c1-4-18-21(23-14-6-5-7-20(23)22-18)19(24)13-10-16-8-11-17(12-9-16)25-15(2)3/h5-9,11-12,14-15H,4,10,13H2,1-3H3. The minimum Gasteiger partial charge on any atom is -0.491 e. The Kier molecular flexibility index (Phi) is 5.17. The minimum absolute atomic E-state index is 0.137. The van der Waals surface area contributed by atoms with E-state index < -0.39 is 0 Å². The largest absolute Gasteiger partial charge is 0.491 e.